The van der Waals surface area contributed by atoms with Crippen molar-refractivity contribution in [2.24, 2.45) is 0 Å². The molecule has 1 N–H and O–H groups in total. The number of likely N-dealkylation sites (N-methyl/N-ethyl adjacent to an activating group) is 1. The molecule has 0 saturated heterocycles. The summed E-state index contributed by atoms with van der Waals surface area (Å²) in [5.41, 5.74) is 1.19. The van der Waals surface area contributed by atoms with Crippen LogP contribution < -0.4 is 5.32 Å². The Morgan fingerprint density at radius 1 is 1.40 bits per heavy atom. The molecule has 0 heterocycles. The first-order valence-corrected chi connectivity index (χ1v) is 9.32. The summed E-state index contributed by atoms with van der Waals surface area (Å²) in [4.78, 5) is 0. The molecule has 20 heavy (non-hydrogen) atoms. The third-order valence-electron chi connectivity index (χ3n) is 3.79. The van der Waals surface area contributed by atoms with Gasteiger partial charge in [-0.1, -0.05) is 25.8 Å². The van der Waals surface area contributed by atoms with Crippen LogP contribution in [0.2, 0.25) is 0 Å². The second kappa shape index (κ2) is 8.40. The highest BCUT2D eigenvalue weighted by atomic mass is 79.9. The SMILES string of the molecule is CCNC(CSC1CCCC1)Cc1ccc(F)c(Br)c1. The Morgan fingerprint density at radius 2 is 2.15 bits per heavy atom. The van der Waals surface area contributed by atoms with Gasteiger partial charge in [0.2, 0.25) is 0 Å². The van der Waals surface area contributed by atoms with Gasteiger partial charge in [0, 0.05) is 17.0 Å². The van der Waals surface area contributed by atoms with Gasteiger partial charge in [-0.2, -0.15) is 11.8 Å². The predicted octanol–water partition coefficient (Wildman–Crippen LogP) is 4.78. The van der Waals surface area contributed by atoms with Gasteiger partial charge in [-0.15, -0.1) is 0 Å². The molecule has 1 aromatic rings. The third kappa shape index (κ3) is 5.05. The highest BCUT2D eigenvalue weighted by Crippen LogP contribution is 2.30. The fraction of sp³-hybridized carbons (Fsp3) is 0.625. The number of nitrogens with one attached hydrogen (secondary N) is 1. The smallest absolute Gasteiger partial charge is 0.137 e. The van der Waals surface area contributed by atoms with E-state index in [4.69, 9.17) is 0 Å². The van der Waals surface area contributed by atoms with E-state index in [1.807, 2.05) is 12.1 Å². The van der Waals surface area contributed by atoms with Crippen molar-refractivity contribution in [2.45, 2.75) is 50.3 Å². The Kier molecular flexibility index (Phi) is 6.85. The van der Waals surface area contributed by atoms with Crippen LogP contribution in [0.15, 0.2) is 22.7 Å². The van der Waals surface area contributed by atoms with E-state index in [-0.39, 0.29) is 5.82 Å². The predicted molar refractivity (Wildman–Crippen MR) is 90.0 cm³/mol. The van der Waals surface area contributed by atoms with Crippen LogP contribution in [-0.4, -0.2) is 23.6 Å². The molecule has 1 aliphatic rings. The van der Waals surface area contributed by atoms with Crippen molar-refractivity contribution in [3.8, 4) is 0 Å². The highest BCUT2D eigenvalue weighted by molar-refractivity contribution is 9.10. The van der Waals surface area contributed by atoms with Gasteiger partial charge < -0.3 is 5.32 Å². The number of halogens is 2. The molecule has 4 heteroatoms. The Hall–Kier alpha value is -0.0600. The van der Waals surface area contributed by atoms with Crippen molar-refractivity contribution in [1.82, 2.24) is 5.32 Å². The maximum atomic E-state index is 13.3. The quantitative estimate of drug-likeness (QED) is 0.751. The zero-order valence-electron chi connectivity index (χ0n) is 12.0. The molecule has 1 nitrogen and oxygen atoms in total. The molecule has 1 saturated carbocycles. The van der Waals surface area contributed by atoms with E-state index in [9.17, 15) is 4.39 Å². The van der Waals surface area contributed by atoms with Crippen LogP contribution in [0, 0.1) is 5.82 Å². The maximum Gasteiger partial charge on any atom is 0.137 e. The lowest BCUT2D eigenvalue weighted by Crippen LogP contribution is -2.33. The monoisotopic (exact) mass is 359 g/mol. The molecule has 2 rings (SSSR count). The number of hydrogen-bond donors (Lipinski definition) is 1. The average molecular weight is 360 g/mol. The Morgan fingerprint density at radius 3 is 2.80 bits per heavy atom. The van der Waals surface area contributed by atoms with Crippen molar-refractivity contribution in [1.29, 1.82) is 0 Å². The highest BCUT2D eigenvalue weighted by Gasteiger charge is 2.18. The summed E-state index contributed by atoms with van der Waals surface area (Å²) in [6, 6.07) is 5.82. The van der Waals surface area contributed by atoms with Crippen LogP contribution in [0.1, 0.15) is 38.2 Å². The van der Waals surface area contributed by atoms with E-state index >= 15 is 0 Å². The van der Waals surface area contributed by atoms with Gasteiger partial charge in [0.1, 0.15) is 5.82 Å². The molecule has 0 aromatic heterocycles. The summed E-state index contributed by atoms with van der Waals surface area (Å²) < 4.78 is 13.8. The summed E-state index contributed by atoms with van der Waals surface area (Å²) in [5.74, 6) is 0.960. The van der Waals surface area contributed by atoms with Crippen LogP contribution in [0.5, 0.6) is 0 Å². The molecule has 0 bridgehead atoms. The number of hydrogen-bond acceptors (Lipinski definition) is 2. The lowest BCUT2D eigenvalue weighted by molar-refractivity contribution is 0.569. The minimum atomic E-state index is -0.186. The largest absolute Gasteiger partial charge is 0.313 e. The Balaban J connectivity index is 1.88. The van der Waals surface area contributed by atoms with Crippen molar-refractivity contribution < 1.29 is 4.39 Å². The summed E-state index contributed by atoms with van der Waals surface area (Å²) in [6.45, 7) is 3.13. The van der Waals surface area contributed by atoms with E-state index in [0.29, 0.717) is 10.5 Å². The van der Waals surface area contributed by atoms with Crippen LogP contribution in [0.3, 0.4) is 0 Å². The Labute approximate surface area is 134 Å². The number of thioether (sulfide) groups is 1. The minimum absolute atomic E-state index is 0.186. The molecular weight excluding hydrogens is 337 g/mol. The lowest BCUT2D eigenvalue weighted by Gasteiger charge is -2.20. The number of benzene rings is 1. The van der Waals surface area contributed by atoms with Crippen molar-refractivity contribution in [3.63, 3.8) is 0 Å². The van der Waals surface area contributed by atoms with Gasteiger partial charge in [-0.05, 0) is 59.4 Å². The summed E-state index contributed by atoms with van der Waals surface area (Å²) in [7, 11) is 0. The van der Waals surface area contributed by atoms with Gasteiger partial charge in [0.15, 0.2) is 0 Å². The second-order valence-electron chi connectivity index (χ2n) is 5.45. The summed E-state index contributed by atoms with van der Waals surface area (Å²) in [6.07, 6.45) is 6.52. The molecule has 1 unspecified atom stereocenters. The van der Waals surface area contributed by atoms with E-state index in [0.717, 1.165) is 24.0 Å². The molecule has 1 fully saturated rings. The maximum absolute atomic E-state index is 13.3. The average Bonchev–Trinajstić information content (AvgIpc) is 2.94. The lowest BCUT2D eigenvalue weighted by atomic mass is 10.1. The zero-order chi connectivity index (χ0) is 14.4. The molecule has 0 aliphatic heterocycles. The van der Waals surface area contributed by atoms with Crippen LogP contribution in [0.4, 0.5) is 4.39 Å². The number of rotatable bonds is 7. The first-order chi connectivity index (χ1) is 9.69. The summed E-state index contributed by atoms with van der Waals surface area (Å²) >= 11 is 5.38. The molecule has 0 radical (unpaired) electrons. The molecule has 1 aromatic carbocycles. The Bertz CT molecular complexity index is 421. The standard InChI is InChI=1S/C16H23BrFNS/c1-2-19-13(11-20-14-5-3-4-6-14)9-12-7-8-16(18)15(17)10-12/h7-8,10,13-14,19H,2-6,9,11H2,1H3. The third-order valence-corrected chi connectivity index (χ3v) is 5.94. The summed E-state index contributed by atoms with van der Waals surface area (Å²) in [5, 5.41) is 4.42. The molecule has 0 amide bonds. The normalized spacial score (nSPS) is 17.6. The van der Waals surface area contributed by atoms with Crippen LogP contribution in [0.25, 0.3) is 0 Å². The topological polar surface area (TPSA) is 12.0 Å². The van der Waals surface area contributed by atoms with Gasteiger partial charge in [0.05, 0.1) is 4.47 Å². The molecule has 1 aliphatic carbocycles. The van der Waals surface area contributed by atoms with Crippen molar-refractivity contribution in [2.75, 3.05) is 12.3 Å². The van der Waals surface area contributed by atoms with E-state index < -0.39 is 0 Å². The first-order valence-electron chi connectivity index (χ1n) is 7.48. The van der Waals surface area contributed by atoms with E-state index in [1.54, 1.807) is 6.07 Å². The van der Waals surface area contributed by atoms with Gasteiger partial charge in [-0.25, -0.2) is 4.39 Å². The first kappa shape index (κ1) is 16.3. The van der Waals surface area contributed by atoms with Gasteiger partial charge in [0.25, 0.3) is 0 Å². The van der Waals surface area contributed by atoms with Crippen molar-refractivity contribution >= 4 is 27.7 Å². The molecule has 0 spiro atoms. The fourth-order valence-electron chi connectivity index (χ4n) is 2.74. The second-order valence-corrected chi connectivity index (χ2v) is 7.63. The molecule has 1 atom stereocenters. The van der Waals surface area contributed by atoms with Crippen LogP contribution >= 0.6 is 27.7 Å². The molecule has 112 valence electrons. The van der Waals surface area contributed by atoms with E-state index in [2.05, 4.69) is 39.9 Å². The fourth-order valence-corrected chi connectivity index (χ4v) is 4.57. The minimum Gasteiger partial charge on any atom is -0.313 e. The zero-order valence-corrected chi connectivity index (χ0v) is 14.4. The van der Waals surface area contributed by atoms with Crippen molar-refractivity contribution in [3.05, 3.63) is 34.1 Å². The van der Waals surface area contributed by atoms with Gasteiger partial charge >= 0.3 is 0 Å². The van der Waals surface area contributed by atoms with E-state index in [1.165, 1.54) is 31.2 Å². The van der Waals surface area contributed by atoms with Gasteiger partial charge in [-0.3, -0.25) is 0 Å². The molecular formula is C16H23BrFNS. The van der Waals surface area contributed by atoms with Crippen LogP contribution in [-0.2, 0) is 6.42 Å².